The van der Waals surface area contributed by atoms with Gasteiger partial charge in [0.05, 0.1) is 18.8 Å². The minimum absolute atomic E-state index is 0.00803. The van der Waals surface area contributed by atoms with Gasteiger partial charge in [0.25, 0.3) is 0 Å². The number of methoxy groups -OCH3 is 1. The summed E-state index contributed by atoms with van der Waals surface area (Å²) in [6.07, 6.45) is 0. The number of carbonyl (C=O) groups excluding carboxylic acids is 1. The molecule has 2 N–H and O–H groups in total. The number of ether oxygens (including phenoxy) is 1. The summed E-state index contributed by atoms with van der Waals surface area (Å²) in [6, 6.07) is 0.0309. The van der Waals surface area contributed by atoms with Crippen LogP contribution in [0.25, 0.3) is 0 Å². The van der Waals surface area contributed by atoms with E-state index in [1.54, 1.807) is 7.11 Å². The van der Waals surface area contributed by atoms with Crippen LogP contribution >= 0.6 is 0 Å². The summed E-state index contributed by atoms with van der Waals surface area (Å²) in [4.78, 5) is 11.7. The van der Waals surface area contributed by atoms with Crippen molar-refractivity contribution in [1.82, 2.24) is 15.8 Å². The van der Waals surface area contributed by atoms with Crippen LogP contribution in [-0.4, -0.2) is 37.4 Å². The molecule has 2 atom stereocenters. The molecule has 1 amide bonds. The van der Waals surface area contributed by atoms with Crippen LogP contribution in [-0.2, 0) is 9.53 Å². The molecule has 0 aliphatic carbocycles. The Kier molecular flexibility index (Phi) is 5.98. The third-order valence-corrected chi connectivity index (χ3v) is 2.91. The van der Waals surface area contributed by atoms with E-state index in [1.807, 2.05) is 27.7 Å². The second-order valence-electron chi connectivity index (χ2n) is 4.76. The zero-order valence-electron chi connectivity index (χ0n) is 12.2. The average molecular weight is 269 g/mol. The van der Waals surface area contributed by atoms with E-state index in [-0.39, 0.29) is 24.5 Å². The molecule has 0 fully saturated rings. The fourth-order valence-corrected chi connectivity index (χ4v) is 2.07. The van der Waals surface area contributed by atoms with Crippen molar-refractivity contribution >= 4 is 5.91 Å². The summed E-state index contributed by atoms with van der Waals surface area (Å²) >= 11 is 0. The molecule has 0 aromatic carbocycles. The normalized spacial score (nSPS) is 14.2. The minimum Gasteiger partial charge on any atom is -0.383 e. The topological polar surface area (TPSA) is 76.4 Å². The fraction of sp³-hybridized carbons (Fsp3) is 0.692. The Balaban J connectivity index is 2.42. The number of hydrogen-bond donors (Lipinski definition) is 2. The number of carbonyl (C=O) groups is 1. The average Bonchev–Trinajstić information content (AvgIpc) is 2.66. The highest BCUT2D eigenvalue weighted by Crippen LogP contribution is 2.20. The molecule has 6 nitrogen and oxygen atoms in total. The number of nitrogens with one attached hydrogen (secondary N) is 2. The number of amides is 1. The third-order valence-electron chi connectivity index (χ3n) is 2.91. The number of hydrogen-bond acceptors (Lipinski definition) is 5. The molecule has 19 heavy (non-hydrogen) atoms. The first-order valence-electron chi connectivity index (χ1n) is 6.40. The van der Waals surface area contributed by atoms with Crippen LogP contribution in [0.15, 0.2) is 4.52 Å². The van der Waals surface area contributed by atoms with Crippen LogP contribution in [0.1, 0.15) is 36.9 Å². The summed E-state index contributed by atoms with van der Waals surface area (Å²) < 4.78 is 10.1. The first kappa shape index (κ1) is 15.7. The van der Waals surface area contributed by atoms with Crippen molar-refractivity contribution in [2.24, 2.45) is 0 Å². The van der Waals surface area contributed by atoms with E-state index in [0.29, 0.717) is 6.61 Å². The van der Waals surface area contributed by atoms with Crippen LogP contribution in [0.2, 0.25) is 0 Å². The molecule has 2 unspecified atom stereocenters. The number of aryl methyl sites for hydroxylation is 2. The lowest BCUT2D eigenvalue weighted by molar-refractivity contribution is -0.121. The van der Waals surface area contributed by atoms with E-state index in [1.165, 1.54) is 0 Å². The highest BCUT2D eigenvalue weighted by molar-refractivity contribution is 5.78. The van der Waals surface area contributed by atoms with Crippen LogP contribution in [0.5, 0.6) is 0 Å². The molecule has 0 saturated heterocycles. The van der Waals surface area contributed by atoms with Gasteiger partial charge in [-0.1, -0.05) is 5.16 Å². The maximum atomic E-state index is 11.7. The van der Waals surface area contributed by atoms with Crippen LogP contribution < -0.4 is 10.6 Å². The van der Waals surface area contributed by atoms with Crippen molar-refractivity contribution in [3.8, 4) is 0 Å². The lowest BCUT2D eigenvalue weighted by Gasteiger charge is -2.16. The molecule has 0 radical (unpaired) electrons. The van der Waals surface area contributed by atoms with Crippen LogP contribution in [0.3, 0.4) is 0 Å². The van der Waals surface area contributed by atoms with Gasteiger partial charge in [-0.2, -0.15) is 0 Å². The van der Waals surface area contributed by atoms with Gasteiger partial charge in [-0.3, -0.25) is 4.79 Å². The van der Waals surface area contributed by atoms with Gasteiger partial charge in [-0.15, -0.1) is 0 Å². The van der Waals surface area contributed by atoms with Gasteiger partial charge >= 0.3 is 0 Å². The van der Waals surface area contributed by atoms with Crippen molar-refractivity contribution in [2.45, 2.75) is 39.8 Å². The Bertz CT molecular complexity index is 398. The molecule has 0 bridgehead atoms. The molecule has 0 aliphatic rings. The third kappa shape index (κ3) is 4.65. The summed E-state index contributed by atoms with van der Waals surface area (Å²) in [5.41, 5.74) is 1.86. The molecule has 1 aromatic heterocycles. The summed E-state index contributed by atoms with van der Waals surface area (Å²) in [5, 5.41) is 9.91. The summed E-state index contributed by atoms with van der Waals surface area (Å²) in [6.45, 7) is 8.40. The Hall–Kier alpha value is -1.40. The maximum absolute atomic E-state index is 11.7. The molecule has 6 heteroatoms. The van der Waals surface area contributed by atoms with Crippen molar-refractivity contribution < 1.29 is 14.1 Å². The second kappa shape index (κ2) is 7.25. The minimum atomic E-state index is -0.0526. The fourth-order valence-electron chi connectivity index (χ4n) is 2.07. The molecule has 108 valence electrons. The van der Waals surface area contributed by atoms with Gasteiger partial charge in [0.1, 0.15) is 5.76 Å². The Morgan fingerprint density at radius 3 is 2.63 bits per heavy atom. The first-order chi connectivity index (χ1) is 8.95. The zero-order chi connectivity index (χ0) is 14.4. The van der Waals surface area contributed by atoms with Crippen molar-refractivity contribution in [3.63, 3.8) is 0 Å². The maximum Gasteiger partial charge on any atom is 0.234 e. The molecule has 1 rings (SSSR count). The molecular formula is C13H23N3O3. The molecule has 0 spiro atoms. The lowest BCUT2D eigenvalue weighted by Crippen LogP contribution is -2.41. The van der Waals surface area contributed by atoms with E-state index in [0.717, 1.165) is 17.0 Å². The van der Waals surface area contributed by atoms with Gasteiger partial charge in [0.15, 0.2) is 0 Å². The quantitative estimate of drug-likeness (QED) is 0.775. The first-order valence-corrected chi connectivity index (χ1v) is 6.40. The Morgan fingerprint density at radius 1 is 1.42 bits per heavy atom. The standard InChI is InChI=1S/C13H23N3O3/c1-8(7-18-5)15-12(17)6-14-9(2)13-10(3)16-19-11(13)4/h8-9,14H,6-7H2,1-5H3,(H,15,17). The smallest absolute Gasteiger partial charge is 0.234 e. The highest BCUT2D eigenvalue weighted by Gasteiger charge is 2.17. The van der Waals surface area contributed by atoms with Gasteiger partial charge < -0.3 is 19.9 Å². The Morgan fingerprint density at radius 2 is 2.11 bits per heavy atom. The van der Waals surface area contributed by atoms with Crippen molar-refractivity contribution in [2.75, 3.05) is 20.3 Å². The molecular weight excluding hydrogens is 246 g/mol. The second-order valence-corrected chi connectivity index (χ2v) is 4.76. The van der Waals surface area contributed by atoms with Gasteiger partial charge in [-0.05, 0) is 27.7 Å². The highest BCUT2D eigenvalue weighted by atomic mass is 16.5. The number of rotatable bonds is 7. The number of nitrogens with zero attached hydrogens (tertiary/aromatic N) is 1. The van der Waals surface area contributed by atoms with Gasteiger partial charge in [0, 0.05) is 24.8 Å². The van der Waals surface area contributed by atoms with E-state index in [4.69, 9.17) is 9.26 Å². The van der Waals surface area contributed by atoms with Crippen LogP contribution in [0, 0.1) is 13.8 Å². The lowest BCUT2D eigenvalue weighted by atomic mass is 10.1. The molecule has 0 aliphatic heterocycles. The molecule has 0 saturated carbocycles. The number of aromatic nitrogens is 1. The summed E-state index contributed by atoms with van der Waals surface area (Å²) in [5.74, 6) is 0.730. The van der Waals surface area contributed by atoms with E-state index >= 15 is 0 Å². The predicted octanol–water partition coefficient (Wildman–Crippen LogP) is 1.09. The van der Waals surface area contributed by atoms with Crippen molar-refractivity contribution in [1.29, 1.82) is 0 Å². The zero-order valence-corrected chi connectivity index (χ0v) is 12.2. The van der Waals surface area contributed by atoms with E-state index < -0.39 is 0 Å². The summed E-state index contributed by atoms with van der Waals surface area (Å²) in [7, 11) is 1.61. The van der Waals surface area contributed by atoms with Crippen molar-refractivity contribution in [3.05, 3.63) is 17.0 Å². The monoisotopic (exact) mass is 269 g/mol. The van der Waals surface area contributed by atoms with E-state index in [2.05, 4.69) is 15.8 Å². The predicted molar refractivity (Wildman–Crippen MR) is 71.9 cm³/mol. The Labute approximate surface area is 113 Å². The van der Waals surface area contributed by atoms with Crippen LogP contribution in [0.4, 0.5) is 0 Å². The van der Waals surface area contributed by atoms with Gasteiger partial charge in [-0.25, -0.2) is 0 Å². The molecule has 1 heterocycles. The van der Waals surface area contributed by atoms with Gasteiger partial charge in [0.2, 0.25) is 5.91 Å². The SMILES string of the molecule is COCC(C)NC(=O)CNC(C)c1c(C)noc1C. The largest absolute Gasteiger partial charge is 0.383 e. The van der Waals surface area contributed by atoms with E-state index in [9.17, 15) is 4.79 Å². The molecule has 1 aromatic rings.